The molecule has 1 aliphatic heterocycles. The molecule has 2 fully saturated rings. The largest absolute Gasteiger partial charge is 0.366 e. The summed E-state index contributed by atoms with van der Waals surface area (Å²) in [5.41, 5.74) is 0.543. The minimum atomic E-state index is 0.0331. The third-order valence-electron chi connectivity index (χ3n) is 4.58. The minimum absolute atomic E-state index is 0.0331. The lowest BCUT2D eigenvalue weighted by Gasteiger charge is -2.54. The molecule has 0 aromatic rings. The van der Waals surface area contributed by atoms with Gasteiger partial charge in [-0.05, 0) is 43.9 Å². The average Bonchev–Trinajstić information content (AvgIpc) is 2.13. The molecule has 1 spiro atoms. The van der Waals surface area contributed by atoms with E-state index >= 15 is 0 Å². The summed E-state index contributed by atoms with van der Waals surface area (Å²) in [4.78, 5) is 0. The van der Waals surface area contributed by atoms with E-state index in [0.717, 1.165) is 25.4 Å². The summed E-state index contributed by atoms with van der Waals surface area (Å²) in [6.45, 7) is 13.7. The third kappa shape index (κ3) is 2.85. The van der Waals surface area contributed by atoms with Crippen molar-refractivity contribution in [3.05, 3.63) is 0 Å². The number of rotatable bonds is 1. The van der Waals surface area contributed by atoms with Gasteiger partial charge in [0.1, 0.15) is 0 Å². The zero-order valence-corrected chi connectivity index (χ0v) is 12.2. The van der Waals surface area contributed by atoms with Gasteiger partial charge in [-0.3, -0.25) is 0 Å². The van der Waals surface area contributed by atoms with Gasteiger partial charge in [0.15, 0.2) is 0 Å². The van der Waals surface area contributed by atoms with Gasteiger partial charge in [-0.25, -0.2) is 0 Å². The Bertz CT molecular complexity index is 289. The Kier molecular flexibility index (Phi) is 3.33. The van der Waals surface area contributed by atoms with Gasteiger partial charge in [-0.1, -0.05) is 27.7 Å². The fourth-order valence-corrected chi connectivity index (χ4v) is 4.23. The Morgan fingerprint density at radius 3 is 2.47 bits per heavy atom. The Hall–Kier alpha value is -0.0800. The van der Waals surface area contributed by atoms with Gasteiger partial charge >= 0.3 is 0 Å². The summed E-state index contributed by atoms with van der Waals surface area (Å²) >= 11 is 0. The summed E-state index contributed by atoms with van der Waals surface area (Å²) in [6.07, 6.45) is 4.85. The van der Waals surface area contributed by atoms with Crippen molar-refractivity contribution >= 4 is 0 Å². The molecule has 0 aromatic heterocycles. The Balaban J connectivity index is 2.17. The van der Waals surface area contributed by atoms with Crippen LogP contribution < -0.4 is 5.32 Å². The molecule has 0 bridgehead atoms. The lowest BCUT2D eigenvalue weighted by atomic mass is 9.65. The molecule has 17 heavy (non-hydrogen) atoms. The first-order valence-corrected chi connectivity index (χ1v) is 7.19. The molecule has 0 aromatic carbocycles. The van der Waals surface area contributed by atoms with Crippen molar-refractivity contribution in [3.63, 3.8) is 0 Å². The maximum absolute atomic E-state index is 6.60. The van der Waals surface area contributed by atoms with Crippen LogP contribution in [0.2, 0.25) is 0 Å². The predicted octanol–water partition coefficient (Wildman–Crippen LogP) is 3.36. The van der Waals surface area contributed by atoms with Crippen LogP contribution in [0.4, 0.5) is 0 Å². The van der Waals surface area contributed by atoms with Gasteiger partial charge in [0, 0.05) is 13.1 Å². The lowest BCUT2D eigenvalue weighted by molar-refractivity contribution is -0.205. The van der Waals surface area contributed by atoms with Crippen molar-refractivity contribution in [3.8, 4) is 0 Å². The van der Waals surface area contributed by atoms with Crippen LogP contribution in [0.1, 0.15) is 60.3 Å². The van der Waals surface area contributed by atoms with Crippen molar-refractivity contribution in [1.29, 1.82) is 0 Å². The molecule has 2 aliphatic rings. The first-order chi connectivity index (χ1) is 7.78. The van der Waals surface area contributed by atoms with Gasteiger partial charge in [-0.2, -0.15) is 0 Å². The molecule has 1 aliphatic carbocycles. The highest BCUT2D eigenvalue weighted by atomic mass is 16.5. The summed E-state index contributed by atoms with van der Waals surface area (Å²) in [7, 11) is 0. The summed E-state index contributed by atoms with van der Waals surface area (Å²) in [5.74, 6) is 0.778. The van der Waals surface area contributed by atoms with E-state index < -0.39 is 0 Å². The molecule has 0 radical (unpaired) electrons. The van der Waals surface area contributed by atoms with Gasteiger partial charge in [-0.15, -0.1) is 0 Å². The zero-order chi connectivity index (χ0) is 12.7. The summed E-state index contributed by atoms with van der Waals surface area (Å²) < 4.78 is 6.60. The zero-order valence-electron chi connectivity index (χ0n) is 12.2. The molecule has 0 amide bonds. The van der Waals surface area contributed by atoms with E-state index in [4.69, 9.17) is 4.74 Å². The molecule has 2 nitrogen and oxygen atoms in total. The second kappa shape index (κ2) is 4.24. The molecular formula is C15H29NO. The van der Waals surface area contributed by atoms with Crippen molar-refractivity contribution in [2.45, 2.75) is 71.5 Å². The van der Waals surface area contributed by atoms with Crippen molar-refractivity contribution in [1.82, 2.24) is 5.32 Å². The van der Waals surface area contributed by atoms with E-state index in [1.807, 2.05) is 0 Å². The molecule has 1 heterocycles. The van der Waals surface area contributed by atoms with Gasteiger partial charge < -0.3 is 10.1 Å². The highest BCUT2D eigenvalue weighted by Gasteiger charge is 2.48. The number of ether oxygens (including phenoxy) is 1. The highest BCUT2D eigenvalue weighted by Crippen LogP contribution is 2.48. The van der Waals surface area contributed by atoms with Crippen LogP contribution in [-0.2, 0) is 4.74 Å². The Labute approximate surface area is 107 Å². The Morgan fingerprint density at radius 1 is 1.18 bits per heavy atom. The normalized spacial score (nSPS) is 46.1. The molecule has 3 atom stereocenters. The van der Waals surface area contributed by atoms with Crippen molar-refractivity contribution < 1.29 is 4.74 Å². The number of hydrogen-bond acceptors (Lipinski definition) is 2. The topological polar surface area (TPSA) is 21.3 Å². The minimum Gasteiger partial charge on any atom is -0.366 e. The Morgan fingerprint density at radius 2 is 1.88 bits per heavy atom. The molecule has 100 valence electrons. The monoisotopic (exact) mass is 239 g/mol. The standard InChI is InChI=1S/C15H29NO/c1-6-14(5)10-16-11-15(17-14)8-12(2)7-13(3,4)9-15/h12,16H,6-11H2,1-5H3. The number of hydrogen-bond donors (Lipinski definition) is 1. The van der Waals surface area contributed by atoms with Crippen LogP contribution in [0.5, 0.6) is 0 Å². The lowest BCUT2D eigenvalue weighted by Crippen LogP contribution is -2.62. The quantitative estimate of drug-likeness (QED) is 0.757. The van der Waals surface area contributed by atoms with Crippen LogP contribution in [0.15, 0.2) is 0 Å². The maximum Gasteiger partial charge on any atom is 0.0821 e. The maximum atomic E-state index is 6.60. The number of morpholine rings is 1. The second-order valence-electron chi connectivity index (χ2n) is 7.55. The molecule has 2 heteroatoms. The van der Waals surface area contributed by atoms with Gasteiger partial charge in [0.05, 0.1) is 11.2 Å². The fourth-order valence-electron chi connectivity index (χ4n) is 4.23. The predicted molar refractivity (Wildman–Crippen MR) is 72.2 cm³/mol. The van der Waals surface area contributed by atoms with Crippen LogP contribution in [0.3, 0.4) is 0 Å². The molecular weight excluding hydrogens is 210 g/mol. The van der Waals surface area contributed by atoms with E-state index in [-0.39, 0.29) is 11.2 Å². The number of nitrogens with one attached hydrogen (secondary N) is 1. The smallest absolute Gasteiger partial charge is 0.0821 e. The first-order valence-electron chi connectivity index (χ1n) is 7.19. The van der Waals surface area contributed by atoms with Gasteiger partial charge in [0.25, 0.3) is 0 Å². The molecule has 1 N–H and O–H groups in total. The van der Waals surface area contributed by atoms with Crippen LogP contribution >= 0.6 is 0 Å². The molecule has 1 saturated carbocycles. The van der Waals surface area contributed by atoms with E-state index in [1.54, 1.807) is 0 Å². The van der Waals surface area contributed by atoms with Crippen molar-refractivity contribution in [2.75, 3.05) is 13.1 Å². The van der Waals surface area contributed by atoms with E-state index in [2.05, 4.69) is 39.9 Å². The highest BCUT2D eigenvalue weighted by molar-refractivity contribution is 5.01. The van der Waals surface area contributed by atoms with Crippen LogP contribution in [0, 0.1) is 11.3 Å². The van der Waals surface area contributed by atoms with Crippen molar-refractivity contribution in [2.24, 2.45) is 11.3 Å². The fraction of sp³-hybridized carbons (Fsp3) is 1.00. The second-order valence-corrected chi connectivity index (χ2v) is 7.55. The molecule has 2 rings (SSSR count). The average molecular weight is 239 g/mol. The van der Waals surface area contributed by atoms with E-state index in [0.29, 0.717) is 5.41 Å². The van der Waals surface area contributed by atoms with Gasteiger partial charge in [0.2, 0.25) is 0 Å². The van der Waals surface area contributed by atoms with Crippen LogP contribution in [0.25, 0.3) is 0 Å². The SMILES string of the molecule is CCC1(C)CNCC2(CC(C)CC(C)(C)C2)O1. The molecule has 3 unspecified atom stereocenters. The first kappa shape index (κ1) is 13.4. The van der Waals surface area contributed by atoms with Crippen LogP contribution in [-0.4, -0.2) is 24.3 Å². The molecule has 1 saturated heterocycles. The summed E-state index contributed by atoms with van der Waals surface area (Å²) in [6, 6.07) is 0. The van der Waals surface area contributed by atoms with E-state index in [1.165, 1.54) is 19.3 Å². The van der Waals surface area contributed by atoms with E-state index in [9.17, 15) is 0 Å². The third-order valence-corrected chi connectivity index (χ3v) is 4.58. The summed E-state index contributed by atoms with van der Waals surface area (Å²) in [5, 5.41) is 3.62.